The number of carbonyl (C=O) groups is 2. The summed E-state index contributed by atoms with van der Waals surface area (Å²) in [6.07, 6.45) is 2.19. The number of likely N-dealkylation sites (tertiary alicyclic amines) is 1. The smallest absolute Gasteiger partial charge is 0.239 e. The molecular formula is C15H23N5O2. The van der Waals surface area contributed by atoms with Crippen molar-refractivity contribution >= 4 is 11.8 Å². The van der Waals surface area contributed by atoms with E-state index in [0.29, 0.717) is 25.6 Å². The molecule has 3 rings (SSSR count). The summed E-state index contributed by atoms with van der Waals surface area (Å²) in [7, 11) is 0. The number of nitrogens with zero attached hydrogens (tertiary/aromatic N) is 3. The van der Waals surface area contributed by atoms with Crippen LogP contribution in [0.25, 0.3) is 0 Å². The summed E-state index contributed by atoms with van der Waals surface area (Å²) in [5.74, 6) is 0.369. The number of rotatable bonds is 3. The fourth-order valence-electron chi connectivity index (χ4n) is 3.23. The molecule has 2 N–H and O–H groups in total. The molecule has 2 aliphatic rings. The molecule has 7 nitrogen and oxygen atoms in total. The van der Waals surface area contributed by atoms with E-state index < -0.39 is 0 Å². The van der Waals surface area contributed by atoms with Crippen molar-refractivity contribution in [1.82, 2.24) is 25.3 Å². The minimum Gasteiger partial charge on any atom is -0.353 e. The number of carbonyl (C=O) groups excluding carboxylic acids is 2. The third kappa shape index (κ3) is 3.47. The van der Waals surface area contributed by atoms with E-state index >= 15 is 0 Å². The molecule has 0 aliphatic carbocycles. The van der Waals surface area contributed by atoms with Crippen molar-refractivity contribution in [2.24, 2.45) is 0 Å². The molecule has 2 amide bonds. The van der Waals surface area contributed by atoms with Crippen molar-refractivity contribution in [3.05, 3.63) is 17.5 Å². The van der Waals surface area contributed by atoms with E-state index in [4.69, 9.17) is 0 Å². The predicted octanol–water partition coefficient (Wildman–Crippen LogP) is -0.144. The molecule has 7 heteroatoms. The third-order valence-electron chi connectivity index (χ3n) is 4.40. The van der Waals surface area contributed by atoms with Gasteiger partial charge in [-0.1, -0.05) is 0 Å². The first kappa shape index (κ1) is 15.0. The first-order valence-electron chi connectivity index (χ1n) is 7.90. The van der Waals surface area contributed by atoms with Crippen LogP contribution in [0.1, 0.15) is 30.1 Å². The van der Waals surface area contributed by atoms with E-state index in [1.165, 1.54) is 0 Å². The second kappa shape index (κ2) is 6.48. The molecule has 0 aromatic carbocycles. The van der Waals surface area contributed by atoms with Crippen LogP contribution in [0, 0.1) is 6.92 Å². The largest absolute Gasteiger partial charge is 0.353 e. The van der Waals surface area contributed by atoms with Crippen molar-refractivity contribution in [2.75, 3.05) is 39.3 Å². The predicted molar refractivity (Wildman–Crippen MR) is 81.3 cm³/mol. The van der Waals surface area contributed by atoms with E-state index in [9.17, 15) is 9.59 Å². The number of piperidine rings is 1. The lowest BCUT2D eigenvalue weighted by Crippen LogP contribution is -2.53. The normalized spacial score (nSPS) is 23.4. The molecule has 120 valence electrons. The van der Waals surface area contributed by atoms with Gasteiger partial charge in [-0.05, 0) is 32.4 Å². The minimum absolute atomic E-state index is 0.0497. The molecule has 0 radical (unpaired) electrons. The Morgan fingerprint density at radius 2 is 2.32 bits per heavy atom. The van der Waals surface area contributed by atoms with Crippen LogP contribution < -0.4 is 5.32 Å². The highest BCUT2D eigenvalue weighted by Gasteiger charge is 2.27. The Balaban J connectivity index is 1.56. The fraction of sp³-hybridized carbons (Fsp3) is 0.667. The average molecular weight is 305 g/mol. The number of aryl methyl sites for hydroxylation is 1. The standard InChI is InChI=1S/C15H23N5O2/c1-11-7-13(18-17-11)12-3-2-5-19(8-12)10-15(22)20-6-4-16-14(21)9-20/h7,12H,2-6,8-10H2,1H3,(H,16,21)(H,17,18)/t12-/m0/s1. The van der Waals surface area contributed by atoms with Gasteiger partial charge in [-0.15, -0.1) is 0 Å². The molecule has 0 bridgehead atoms. The Labute approximate surface area is 130 Å². The highest BCUT2D eigenvalue weighted by atomic mass is 16.2. The monoisotopic (exact) mass is 305 g/mol. The maximum absolute atomic E-state index is 12.3. The van der Waals surface area contributed by atoms with Gasteiger partial charge in [0.15, 0.2) is 0 Å². The van der Waals surface area contributed by atoms with Gasteiger partial charge in [-0.3, -0.25) is 19.6 Å². The quantitative estimate of drug-likeness (QED) is 0.814. The molecule has 0 saturated carbocycles. The lowest BCUT2D eigenvalue weighted by atomic mass is 9.94. The van der Waals surface area contributed by atoms with E-state index in [1.807, 2.05) is 6.92 Å². The first-order valence-corrected chi connectivity index (χ1v) is 7.90. The molecule has 1 aromatic heterocycles. The Morgan fingerprint density at radius 3 is 3.05 bits per heavy atom. The topological polar surface area (TPSA) is 81.3 Å². The van der Waals surface area contributed by atoms with Crippen molar-refractivity contribution in [2.45, 2.75) is 25.7 Å². The second-order valence-corrected chi connectivity index (χ2v) is 6.22. The summed E-state index contributed by atoms with van der Waals surface area (Å²) in [6.45, 7) is 5.55. The third-order valence-corrected chi connectivity index (χ3v) is 4.40. The zero-order valence-corrected chi connectivity index (χ0v) is 13.0. The highest BCUT2D eigenvalue weighted by molar-refractivity contribution is 5.86. The van der Waals surface area contributed by atoms with E-state index in [0.717, 1.165) is 37.3 Å². The molecule has 2 aliphatic heterocycles. The van der Waals surface area contributed by atoms with Crippen LogP contribution in [0.5, 0.6) is 0 Å². The number of nitrogens with one attached hydrogen (secondary N) is 2. The maximum Gasteiger partial charge on any atom is 0.239 e. The number of hydrogen-bond donors (Lipinski definition) is 2. The van der Waals surface area contributed by atoms with Crippen LogP contribution in [0.15, 0.2) is 6.07 Å². The molecule has 1 aromatic rings. The van der Waals surface area contributed by atoms with Gasteiger partial charge in [0.1, 0.15) is 0 Å². The fourth-order valence-corrected chi connectivity index (χ4v) is 3.23. The molecular weight excluding hydrogens is 282 g/mol. The minimum atomic E-state index is -0.0666. The van der Waals surface area contributed by atoms with Crippen LogP contribution in [0.4, 0.5) is 0 Å². The lowest BCUT2D eigenvalue weighted by molar-refractivity contribution is -0.139. The van der Waals surface area contributed by atoms with Crippen LogP contribution in [-0.2, 0) is 9.59 Å². The Kier molecular flexibility index (Phi) is 4.42. The summed E-state index contributed by atoms with van der Waals surface area (Å²) in [6, 6.07) is 2.09. The number of H-pyrrole nitrogens is 1. The van der Waals surface area contributed by atoms with Crippen LogP contribution in [0.3, 0.4) is 0 Å². The molecule has 3 heterocycles. The maximum atomic E-state index is 12.3. The van der Waals surface area contributed by atoms with Gasteiger partial charge in [-0.2, -0.15) is 5.10 Å². The highest BCUT2D eigenvalue weighted by Crippen LogP contribution is 2.25. The van der Waals surface area contributed by atoms with Gasteiger partial charge >= 0.3 is 0 Å². The van der Waals surface area contributed by atoms with Crippen LogP contribution in [-0.4, -0.2) is 71.1 Å². The number of aromatic nitrogens is 2. The van der Waals surface area contributed by atoms with E-state index in [2.05, 4.69) is 26.5 Å². The van der Waals surface area contributed by atoms with E-state index in [-0.39, 0.29) is 18.4 Å². The number of hydrogen-bond acceptors (Lipinski definition) is 4. The number of amides is 2. The number of piperazine rings is 1. The van der Waals surface area contributed by atoms with Gasteiger partial charge in [0.25, 0.3) is 0 Å². The Bertz CT molecular complexity index is 556. The average Bonchev–Trinajstić information content (AvgIpc) is 2.94. The Hall–Kier alpha value is -1.89. The van der Waals surface area contributed by atoms with Gasteiger partial charge in [0.05, 0.1) is 18.8 Å². The van der Waals surface area contributed by atoms with Crippen molar-refractivity contribution in [1.29, 1.82) is 0 Å². The molecule has 1 atom stereocenters. The zero-order chi connectivity index (χ0) is 15.5. The van der Waals surface area contributed by atoms with Gasteiger partial charge in [0, 0.05) is 31.2 Å². The summed E-state index contributed by atoms with van der Waals surface area (Å²) in [5, 5.41) is 10.1. The SMILES string of the molecule is Cc1cc([C@H]2CCCN(CC(=O)N3CCNC(=O)C3)C2)n[nH]1. The summed E-state index contributed by atoms with van der Waals surface area (Å²) in [4.78, 5) is 27.6. The summed E-state index contributed by atoms with van der Waals surface area (Å²) >= 11 is 0. The lowest BCUT2D eigenvalue weighted by Gasteiger charge is -2.34. The molecule has 0 spiro atoms. The number of aromatic amines is 1. The summed E-state index contributed by atoms with van der Waals surface area (Å²) < 4.78 is 0. The van der Waals surface area contributed by atoms with Gasteiger partial charge in [-0.25, -0.2) is 0 Å². The summed E-state index contributed by atoms with van der Waals surface area (Å²) in [5.41, 5.74) is 2.16. The molecule has 0 unspecified atom stereocenters. The van der Waals surface area contributed by atoms with E-state index in [1.54, 1.807) is 4.90 Å². The van der Waals surface area contributed by atoms with Crippen molar-refractivity contribution < 1.29 is 9.59 Å². The van der Waals surface area contributed by atoms with Gasteiger partial charge < -0.3 is 10.2 Å². The van der Waals surface area contributed by atoms with Crippen molar-refractivity contribution in [3.63, 3.8) is 0 Å². The van der Waals surface area contributed by atoms with Crippen LogP contribution in [0.2, 0.25) is 0 Å². The Morgan fingerprint density at radius 1 is 1.45 bits per heavy atom. The van der Waals surface area contributed by atoms with Gasteiger partial charge in [0.2, 0.25) is 11.8 Å². The first-order chi connectivity index (χ1) is 10.6. The molecule has 2 saturated heterocycles. The van der Waals surface area contributed by atoms with Crippen molar-refractivity contribution in [3.8, 4) is 0 Å². The zero-order valence-electron chi connectivity index (χ0n) is 13.0. The second-order valence-electron chi connectivity index (χ2n) is 6.22. The van der Waals surface area contributed by atoms with Crippen LogP contribution >= 0.6 is 0 Å². The molecule has 2 fully saturated rings. The molecule has 22 heavy (non-hydrogen) atoms.